The van der Waals surface area contributed by atoms with Gasteiger partial charge in [0.2, 0.25) is 0 Å². The van der Waals surface area contributed by atoms with Crippen molar-refractivity contribution in [3.05, 3.63) is 70.6 Å². The van der Waals surface area contributed by atoms with Crippen molar-refractivity contribution >= 4 is 11.9 Å². The van der Waals surface area contributed by atoms with Crippen LogP contribution in [0.1, 0.15) is 111 Å². The van der Waals surface area contributed by atoms with Crippen LogP contribution >= 0.6 is 0 Å². The van der Waals surface area contributed by atoms with Gasteiger partial charge in [-0.2, -0.15) is 0 Å². The van der Waals surface area contributed by atoms with E-state index in [1.165, 1.54) is 6.92 Å². The van der Waals surface area contributed by atoms with E-state index in [4.69, 9.17) is 9.47 Å². The third-order valence-electron chi connectivity index (χ3n) is 13.7. The van der Waals surface area contributed by atoms with Gasteiger partial charge in [-0.1, -0.05) is 74.9 Å². The van der Waals surface area contributed by atoms with E-state index in [0.717, 1.165) is 42.4 Å². The number of aromatic nitrogens is 3. The number of esters is 2. The van der Waals surface area contributed by atoms with Crippen LogP contribution in [0.3, 0.4) is 0 Å². The van der Waals surface area contributed by atoms with Crippen molar-refractivity contribution in [3.63, 3.8) is 0 Å². The minimum absolute atomic E-state index is 0.0284. The standard InChI is InChI=1S/C41H57N3O6/c1-25(2)12-11-15-30(38(48)49-24-29-23-44(43-42-29)22-28-13-9-8-10-14-28)36-32-20-34(47)37-39(5)18-17-33(46)26(3)31(39)16-19-40(37,6)41(32,7)21-35(36)50-27(4)45/h8-10,12-14,23,26,31-35,37,46-47H,11,15-22,24H2,1-7H3/b36-30-/t26-,31?,32?,33-,34+,35-,37?,39-,40-,41-/m0/s1. The van der Waals surface area contributed by atoms with Crippen molar-refractivity contribution in [2.24, 2.45) is 39.9 Å². The zero-order valence-electron chi connectivity index (χ0n) is 31.0. The topological polar surface area (TPSA) is 124 Å². The fourth-order valence-electron chi connectivity index (χ4n) is 11.3. The molecule has 1 heterocycles. The van der Waals surface area contributed by atoms with Crippen LogP contribution in [0.4, 0.5) is 0 Å². The smallest absolute Gasteiger partial charge is 0.334 e. The molecule has 4 saturated carbocycles. The molecule has 2 N–H and O–H groups in total. The number of ether oxygens (including phenoxy) is 2. The number of aliphatic hydroxyl groups is 2. The quantitative estimate of drug-likeness (QED) is 0.165. The molecule has 272 valence electrons. The predicted molar refractivity (Wildman–Crippen MR) is 190 cm³/mol. The van der Waals surface area contributed by atoms with Gasteiger partial charge in [-0.3, -0.25) is 4.79 Å². The predicted octanol–water partition coefficient (Wildman–Crippen LogP) is 6.96. The normalized spacial score (nSPS) is 37.2. The van der Waals surface area contributed by atoms with Crippen molar-refractivity contribution in [3.8, 4) is 0 Å². The molecule has 10 atom stereocenters. The summed E-state index contributed by atoms with van der Waals surface area (Å²) in [6.07, 6.45) is 8.13. The number of nitrogens with zero attached hydrogens (tertiary/aromatic N) is 3. The van der Waals surface area contributed by atoms with Gasteiger partial charge in [0, 0.05) is 12.5 Å². The summed E-state index contributed by atoms with van der Waals surface area (Å²) in [6, 6.07) is 9.99. The van der Waals surface area contributed by atoms with Crippen LogP contribution in [-0.4, -0.2) is 55.5 Å². The number of fused-ring (bicyclic) bond motifs is 5. The van der Waals surface area contributed by atoms with Gasteiger partial charge in [-0.05, 0) is 116 Å². The average Bonchev–Trinajstić information content (AvgIpc) is 3.61. The first kappa shape index (κ1) is 36.5. The summed E-state index contributed by atoms with van der Waals surface area (Å²) in [4.78, 5) is 26.9. The van der Waals surface area contributed by atoms with Gasteiger partial charge in [0.15, 0.2) is 0 Å². The molecule has 2 aromatic rings. The molecule has 6 rings (SSSR count). The fraction of sp³-hybridized carbons (Fsp3) is 0.659. The lowest BCUT2D eigenvalue weighted by Crippen LogP contribution is -2.65. The molecule has 50 heavy (non-hydrogen) atoms. The maximum Gasteiger partial charge on any atom is 0.334 e. The highest BCUT2D eigenvalue weighted by atomic mass is 16.5. The Labute approximate surface area is 297 Å². The van der Waals surface area contributed by atoms with Crippen molar-refractivity contribution in [1.82, 2.24) is 15.0 Å². The number of carbonyl (C=O) groups is 2. The average molecular weight is 688 g/mol. The van der Waals surface area contributed by atoms with E-state index in [-0.39, 0.29) is 52.7 Å². The molecule has 0 radical (unpaired) electrons. The molecule has 0 saturated heterocycles. The van der Waals surface area contributed by atoms with Gasteiger partial charge in [-0.15, -0.1) is 5.10 Å². The van der Waals surface area contributed by atoms with E-state index in [1.54, 1.807) is 10.9 Å². The second-order valence-electron chi connectivity index (χ2n) is 16.8. The zero-order chi connectivity index (χ0) is 36.0. The van der Waals surface area contributed by atoms with Crippen molar-refractivity contribution in [2.75, 3.05) is 0 Å². The number of aliphatic hydroxyl groups excluding tert-OH is 2. The van der Waals surface area contributed by atoms with E-state index in [1.807, 2.05) is 44.2 Å². The molecular formula is C41H57N3O6. The second kappa shape index (κ2) is 14.0. The molecule has 4 fully saturated rings. The van der Waals surface area contributed by atoms with Crippen molar-refractivity contribution in [2.45, 2.75) is 131 Å². The summed E-state index contributed by atoms with van der Waals surface area (Å²) in [7, 11) is 0. The van der Waals surface area contributed by atoms with Crippen LogP contribution < -0.4 is 0 Å². The summed E-state index contributed by atoms with van der Waals surface area (Å²) in [5.74, 6) is -0.429. The maximum absolute atomic E-state index is 14.3. The van der Waals surface area contributed by atoms with Crippen LogP contribution in [0.15, 0.2) is 59.3 Å². The second-order valence-corrected chi connectivity index (χ2v) is 16.8. The van der Waals surface area contributed by atoms with E-state index in [0.29, 0.717) is 49.4 Å². The summed E-state index contributed by atoms with van der Waals surface area (Å²) in [5.41, 5.74) is 3.45. The third-order valence-corrected chi connectivity index (χ3v) is 13.7. The minimum atomic E-state index is -0.589. The van der Waals surface area contributed by atoms with Gasteiger partial charge in [-0.25, -0.2) is 9.48 Å². The Hall–Kier alpha value is -3.30. The third kappa shape index (κ3) is 6.49. The van der Waals surface area contributed by atoms with Gasteiger partial charge in [0.25, 0.3) is 0 Å². The monoisotopic (exact) mass is 687 g/mol. The molecular weight excluding hydrogens is 630 g/mol. The lowest BCUT2D eigenvalue weighted by Gasteiger charge is -2.69. The molecule has 1 aromatic carbocycles. The van der Waals surface area contributed by atoms with Gasteiger partial charge >= 0.3 is 11.9 Å². The van der Waals surface area contributed by atoms with E-state index < -0.39 is 18.2 Å². The number of benzene rings is 1. The first-order chi connectivity index (χ1) is 23.7. The Bertz CT molecular complexity index is 1630. The van der Waals surface area contributed by atoms with Gasteiger partial charge in [0.1, 0.15) is 18.4 Å². The lowest BCUT2D eigenvalue weighted by molar-refractivity contribution is -0.234. The molecule has 0 bridgehead atoms. The van der Waals surface area contributed by atoms with E-state index in [2.05, 4.69) is 44.1 Å². The first-order valence-corrected chi connectivity index (χ1v) is 18.7. The summed E-state index contributed by atoms with van der Waals surface area (Å²) >= 11 is 0. The Balaban J connectivity index is 1.34. The highest BCUT2D eigenvalue weighted by molar-refractivity contribution is 5.90. The number of carbonyl (C=O) groups excluding carboxylic acids is 2. The number of rotatable bonds is 9. The Kier molecular flexibility index (Phi) is 10.2. The van der Waals surface area contributed by atoms with Gasteiger partial charge in [0.05, 0.1) is 24.9 Å². The maximum atomic E-state index is 14.3. The van der Waals surface area contributed by atoms with Crippen LogP contribution in [0.25, 0.3) is 0 Å². The molecule has 9 nitrogen and oxygen atoms in total. The SMILES string of the molecule is CC(=O)O[C@H]1C[C@@]2(C)C(C[C@@H](O)C3[C@@]4(C)CC[C@H](O)[C@@H](C)C4CC[C@@]32C)/C1=C(\CCC=C(C)C)C(=O)OCc1cn(Cc2ccccc2)nn1. The Morgan fingerprint density at radius 2 is 1.76 bits per heavy atom. The summed E-state index contributed by atoms with van der Waals surface area (Å²) in [5, 5.41) is 31.6. The van der Waals surface area contributed by atoms with E-state index >= 15 is 0 Å². The van der Waals surface area contributed by atoms with Crippen LogP contribution in [-0.2, 0) is 32.2 Å². The van der Waals surface area contributed by atoms with Crippen molar-refractivity contribution < 1.29 is 29.3 Å². The molecule has 0 aliphatic heterocycles. The minimum Gasteiger partial charge on any atom is -0.458 e. The molecule has 9 heteroatoms. The molecule has 0 spiro atoms. The van der Waals surface area contributed by atoms with Crippen LogP contribution in [0, 0.1) is 39.9 Å². The summed E-state index contributed by atoms with van der Waals surface area (Å²) in [6.45, 7) is 15.2. The van der Waals surface area contributed by atoms with Crippen molar-refractivity contribution in [1.29, 1.82) is 0 Å². The molecule has 3 unspecified atom stereocenters. The summed E-state index contributed by atoms with van der Waals surface area (Å²) < 4.78 is 13.9. The number of hydrogen-bond donors (Lipinski definition) is 2. The van der Waals surface area contributed by atoms with Crippen LogP contribution in [0.2, 0.25) is 0 Å². The molecule has 0 amide bonds. The van der Waals surface area contributed by atoms with E-state index in [9.17, 15) is 19.8 Å². The molecule has 4 aliphatic rings. The molecule has 1 aromatic heterocycles. The molecule has 4 aliphatic carbocycles. The number of hydrogen-bond acceptors (Lipinski definition) is 8. The fourth-order valence-corrected chi connectivity index (χ4v) is 11.3. The highest BCUT2D eigenvalue weighted by Crippen LogP contribution is 2.74. The van der Waals surface area contributed by atoms with Gasteiger partial charge < -0.3 is 19.7 Å². The largest absolute Gasteiger partial charge is 0.458 e. The number of allylic oxidation sites excluding steroid dienone is 2. The van der Waals surface area contributed by atoms with Crippen LogP contribution in [0.5, 0.6) is 0 Å². The zero-order valence-corrected chi connectivity index (χ0v) is 31.0. The Morgan fingerprint density at radius 3 is 2.46 bits per heavy atom. The highest BCUT2D eigenvalue weighted by Gasteiger charge is 2.70. The lowest BCUT2D eigenvalue weighted by atomic mass is 9.36. The Morgan fingerprint density at radius 1 is 1.02 bits per heavy atom. The first-order valence-electron chi connectivity index (χ1n) is 18.7.